The summed E-state index contributed by atoms with van der Waals surface area (Å²) in [4.78, 5) is 16.3. The Morgan fingerprint density at radius 2 is 1.67 bits per heavy atom. The minimum Gasteiger partial charge on any atom is -0.457 e. The Labute approximate surface area is 159 Å². The van der Waals surface area contributed by atoms with Crippen LogP contribution in [0.2, 0.25) is 0 Å². The molecule has 1 aromatic heterocycles. The van der Waals surface area contributed by atoms with E-state index in [1.807, 2.05) is 54.6 Å². The summed E-state index contributed by atoms with van der Waals surface area (Å²) in [6.45, 7) is 4.76. The standard InChI is InChI=1S/C22H23N3O2/c1-16(2)14-24-22(26)17-8-13-21(23-15-17)25-18-9-11-20(12-10-18)27-19-6-4-3-5-7-19/h3-13,15-16H,14H2,1-2H3,(H,23,25)(H,24,26). The van der Waals surface area contributed by atoms with Crippen molar-refractivity contribution in [1.29, 1.82) is 0 Å². The molecule has 0 radical (unpaired) electrons. The molecule has 5 nitrogen and oxygen atoms in total. The molecule has 0 aliphatic rings. The Hall–Kier alpha value is -3.34. The molecule has 0 atom stereocenters. The quantitative estimate of drug-likeness (QED) is 0.621. The maximum absolute atomic E-state index is 12.0. The molecule has 1 amide bonds. The Morgan fingerprint density at radius 3 is 2.30 bits per heavy atom. The molecule has 2 N–H and O–H groups in total. The van der Waals surface area contributed by atoms with Crippen molar-refractivity contribution in [1.82, 2.24) is 10.3 Å². The number of amides is 1. The maximum atomic E-state index is 12.0. The van der Waals surface area contributed by atoms with Gasteiger partial charge in [0.1, 0.15) is 17.3 Å². The number of para-hydroxylation sites is 1. The van der Waals surface area contributed by atoms with Crippen LogP contribution in [-0.2, 0) is 0 Å². The molecule has 0 unspecified atom stereocenters. The minimum absolute atomic E-state index is 0.106. The van der Waals surface area contributed by atoms with Crippen molar-refractivity contribution in [2.24, 2.45) is 5.92 Å². The summed E-state index contributed by atoms with van der Waals surface area (Å²) in [5.74, 6) is 2.54. The number of aromatic nitrogens is 1. The lowest BCUT2D eigenvalue weighted by Gasteiger charge is -2.10. The van der Waals surface area contributed by atoms with Gasteiger partial charge in [0.25, 0.3) is 5.91 Å². The zero-order chi connectivity index (χ0) is 19.1. The summed E-state index contributed by atoms with van der Waals surface area (Å²) in [7, 11) is 0. The predicted molar refractivity (Wildman–Crippen MR) is 108 cm³/mol. The fourth-order valence-corrected chi connectivity index (χ4v) is 2.38. The van der Waals surface area contributed by atoms with Gasteiger partial charge in [-0.3, -0.25) is 4.79 Å². The molecule has 1 heterocycles. The van der Waals surface area contributed by atoms with E-state index in [4.69, 9.17) is 4.74 Å². The number of carbonyl (C=O) groups is 1. The predicted octanol–water partition coefficient (Wildman–Crippen LogP) is 5.00. The smallest absolute Gasteiger partial charge is 0.252 e. The van der Waals surface area contributed by atoms with Crippen molar-refractivity contribution >= 4 is 17.4 Å². The second-order valence-corrected chi connectivity index (χ2v) is 6.60. The van der Waals surface area contributed by atoms with Gasteiger partial charge < -0.3 is 15.4 Å². The Balaban J connectivity index is 1.58. The van der Waals surface area contributed by atoms with Crippen LogP contribution in [0.25, 0.3) is 0 Å². The monoisotopic (exact) mass is 361 g/mol. The van der Waals surface area contributed by atoms with Crippen molar-refractivity contribution in [2.45, 2.75) is 13.8 Å². The van der Waals surface area contributed by atoms with Crippen LogP contribution in [0.3, 0.4) is 0 Å². The van der Waals surface area contributed by atoms with Crippen LogP contribution >= 0.6 is 0 Å². The highest BCUT2D eigenvalue weighted by Crippen LogP contribution is 2.23. The van der Waals surface area contributed by atoms with E-state index in [2.05, 4.69) is 29.5 Å². The molecule has 0 fully saturated rings. The van der Waals surface area contributed by atoms with E-state index in [-0.39, 0.29) is 5.91 Å². The molecule has 3 rings (SSSR count). The van der Waals surface area contributed by atoms with Gasteiger partial charge >= 0.3 is 0 Å². The van der Waals surface area contributed by atoms with Gasteiger partial charge in [-0.05, 0) is 54.4 Å². The molecule has 0 bridgehead atoms. The lowest BCUT2D eigenvalue weighted by Crippen LogP contribution is -2.27. The van der Waals surface area contributed by atoms with Gasteiger partial charge in [-0.1, -0.05) is 32.0 Å². The number of pyridine rings is 1. The van der Waals surface area contributed by atoms with Crippen molar-refractivity contribution in [2.75, 3.05) is 11.9 Å². The number of anilines is 2. The first-order chi connectivity index (χ1) is 13.1. The van der Waals surface area contributed by atoms with E-state index >= 15 is 0 Å². The Kier molecular flexibility index (Phi) is 6.05. The normalized spacial score (nSPS) is 10.5. The van der Waals surface area contributed by atoms with Gasteiger partial charge in [0.05, 0.1) is 5.56 Å². The van der Waals surface area contributed by atoms with E-state index in [9.17, 15) is 4.79 Å². The number of hydrogen-bond acceptors (Lipinski definition) is 4. The summed E-state index contributed by atoms with van der Waals surface area (Å²) >= 11 is 0. The first kappa shape index (κ1) is 18.5. The molecular formula is C22H23N3O2. The molecule has 3 aromatic rings. The van der Waals surface area contributed by atoms with E-state index in [1.54, 1.807) is 18.3 Å². The third-order valence-electron chi connectivity index (χ3n) is 3.80. The molecular weight excluding hydrogens is 338 g/mol. The number of benzene rings is 2. The van der Waals surface area contributed by atoms with E-state index in [0.29, 0.717) is 23.8 Å². The average Bonchev–Trinajstić information content (AvgIpc) is 2.69. The number of rotatable bonds is 7. The third kappa shape index (κ3) is 5.57. The van der Waals surface area contributed by atoms with Gasteiger partial charge in [-0.25, -0.2) is 4.98 Å². The van der Waals surface area contributed by atoms with Crippen LogP contribution in [0.5, 0.6) is 11.5 Å². The van der Waals surface area contributed by atoms with Gasteiger partial charge in [0.2, 0.25) is 0 Å². The zero-order valence-corrected chi connectivity index (χ0v) is 15.5. The SMILES string of the molecule is CC(C)CNC(=O)c1ccc(Nc2ccc(Oc3ccccc3)cc2)nc1. The number of carbonyl (C=O) groups excluding carboxylic acids is 1. The highest BCUT2D eigenvalue weighted by Gasteiger charge is 2.07. The molecule has 5 heteroatoms. The first-order valence-electron chi connectivity index (χ1n) is 8.94. The summed E-state index contributed by atoms with van der Waals surface area (Å²) in [6.07, 6.45) is 1.57. The minimum atomic E-state index is -0.106. The molecule has 0 aliphatic carbocycles. The molecule has 0 saturated carbocycles. The summed E-state index contributed by atoms with van der Waals surface area (Å²) < 4.78 is 5.78. The van der Waals surface area contributed by atoms with Gasteiger partial charge in [0, 0.05) is 18.4 Å². The molecule has 27 heavy (non-hydrogen) atoms. The van der Waals surface area contributed by atoms with Crippen LogP contribution in [-0.4, -0.2) is 17.4 Å². The Morgan fingerprint density at radius 1 is 0.963 bits per heavy atom. The van der Waals surface area contributed by atoms with Crippen molar-refractivity contribution in [3.05, 3.63) is 78.5 Å². The highest BCUT2D eigenvalue weighted by atomic mass is 16.5. The van der Waals surface area contributed by atoms with E-state index in [1.165, 1.54) is 0 Å². The van der Waals surface area contributed by atoms with Crippen molar-refractivity contribution in [3.8, 4) is 11.5 Å². The summed E-state index contributed by atoms with van der Waals surface area (Å²) in [5, 5.41) is 6.09. The molecule has 0 aliphatic heterocycles. The first-order valence-corrected chi connectivity index (χ1v) is 8.94. The molecule has 0 saturated heterocycles. The highest BCUT2D eigenvalue weighted by molar-refractivity contribution is 5.94. The van der Waals surface area contributed by atoms with Crippen LogP contribution < -0.4 is 15.4 Å². The van der Waals surface area contributed by atoms with Crippen LogP contribution in [0.1, 0.15) is 24.2 Å². The maximum Gasteiger partial charge on any atom is 0.252 e. The fraction of sp³-hybridized carbons (Fsp3) is 0.182. The van der Waals surface area contributed by atoms with Crippen molar-refractivity contribution in [3.63, 3.8) is 0 Å². The number of nitrogens with zero attached hydrogens (tertiary/aromatic N) is 1. The largest absolute Gasteiger partial charge is 0.457 e. The second-order valence-electron chi connectivity index (χ2n) is 6.60. The van der Waals surface area contributed by atoms with Gasteiger partial charge in [0.15, 0.2) is 0 Å². The molecule has 2 aromatic carbocycles. The van der Waals surface area contributed by atoms with E-state index in [0.717, 1.165) is 17.2 Å². The third-order valence-corrected chi connectivity index (χ3v) is 3.80. The fourth-order valence-electron chi connectivity index (χ4n) is 2.38. The lowest BCUT2D eigenvalue weighted by molar-refractivity contribution is 0.0948. The second kappa shape index (κ2) is 8.85. The molecule has 138 valence electrons. The summed E-state index contributed by atoms with van der Waals surface area (Å²) in [5.41, 5.74) is 1.44. The van der Waals surface area contributed by atoms with Crippen LogP contribution in [0, 0.1) is 5.92 Å². The van der Waals surface area contributed by atoms with Crippen LogP contribution in [0.15, 0.2) is 72.9 Å². The van der Waals surface area contributed by atoms with E-state index < -0.39 is 0 Å². The van der Waals surface area contributed by atoms with Crippen molar-refractivity contribution < 1.29 is 9.53 Å². The number of hydrogen-bond donors (Lipinski definition) is 2. The number of ether oxygens (including phenoxy) is 1. The zero-order valence-electron chi connectivity index (χ0n) is 15.5. The lowest BCUT2D eigenvalue weighted by atomic mass is 10.2. The van der Waals surface area contributed by atoms with Crippen LogP contribution in [0.4, 0.5) is 11.5 Å². The van der Waals surface area contributed by atoms with Gasteiger partial charge in [-0.2, -0.15) is 0 Å². The van der Waals surface area contributed by atoms with Gasteiger partial charge in [-0.15, -0.1) is 0 Å². The average molecular weight is 361 g/mol. The topological polar surface area (TPSA) is 63.2 Å². The number of nitrogens with one attached hydrogen (secondary N) is 2. The molecule has 0 spiro atoms. The summed E-state index contributed by atoms with van der Waals surface area (Å²) in [6, 6.07) is 20.8. The Bertz CT molecular complexity index is 860.